The molecule has 10 heavy (non-hydrogen) atoms. The lowest BCUT2D eigenvalue weighted by Crippen LogP contribution is -2.27. The van der Waals surface area contributed by atoms with Crippen LogP contribution in [0.15, 0.2) is 0 Å². The highest BCUT2D eigenvalue weighted by molar-refractivity contribution is 5.69. The smallest absolute Gasteiger partial charge is 0.307 e. The minimum atomic E-state index is -0.152. The van der Waals surface area contributed by atoms with Crippen molar-refractivity contribution in [2.75, 3.05) is 21.2 Å². The van der Waals surface area contributed by atoms with E-state index in [0.29, 0.717) is 6.42 Å². The topological polar surface area (TPSA) is 29.5 Å². The van der Waals surface area contributed by atoms with Crippen LogP contribution in [-0.4, -0.2) is 38.1 Å². The molecule has 0 aliphatic carbocycles. The standard InChI is InChI=1S/C7H15NO2/c1-6(8(2)3)5-7(9)10-4/h6H,5H2,1-4H3. The van der Waals surface area contributed by atoms with Crippen LogP contribution in [0.4, 0.5) is 0 Å². The fourth-order valence-electron chi connectivity index (χ4n) is 0.507. The molecule has 0 heterocycles. The van der Waals surface area contributed by atoms with Crippen molar-refractivity contribution in [3.63, 3.8) is 0 Å². The summed E-state index contributed by atoms with van der Waals surface area (Å²) >= 11 is 0. The summed E-state index contributed by atoms with van der Waals surface area (Å²) in [5.74, 6) is -0.152. The lowest BCUT2D eigenvalue weighted by atomic mass is 10.2. The van der Waals surface area contributed by atoms with Crippen LogP contribution >= 0.6 is 0 Å². The summed E-state index contributed by atoms with van der Waals surface area (Å²) in [5, 5.41) is 0. The van der Waals surface area contributed by atoms with Crippen molar-refractivity contribution in [1.29, 1.82) is 0 Å². The Kier molecular flexibility index (Phi) is 4.03. The molecule has 0 N–H and O–H groups in total. The van der Waals surface area contributed by atoms with E-state index in [9.17, 15) is 4.79 Å². The molecule has 0 aromatic rings. The molecule has 1 atom stereocenters. The highest BCUT2D eigenvalue weighted by Gasteiger charge is 2.09. The Labute approximate surface area is 62.0 Å². The lowest BCUT2D eigenvalue weighted by Gasteiger charge is -2.17. The largest absolute Gasteiger partial charge is 0.469 e. The molecule has 3 nitrogen and oxygen atoms in total. The molecular formula is C7H15NO2. The van der Waals surface area contributed by atoms with Crippen LogP contribution in [0.1, 0.15) is 13.3 Å². The van der Waals surface area contributed by atoms with Crippen LogP contribution in [0.25, 0.3) is 0 Å². The maximum absolute atomic E-state index is 10.7. The lowest BCUT2D eigenvalue weighted by molar-refractivity contribution is -0.141. The van der Waals surface area contributed by atoms with Crippen molar-refractivity contribution in [2.24, 2.45) is 0 Å². The maximum Gasteiger partial charge on any atom is 0.307 e. The van der Waals surface area contributed by atoms with E-state index in [-0.39, 0.29) is 12.0 Å². The maximum atomic E-state index is 10.7. The predicted octanol–water partition coefficient (Wildman–Crippen LogP) is 0.500. The van der Waals surface area contributed by atoms with Crippen LogP contribution in [0.2, 0.25) is 0 Å². The van der Waals surface area contributed by atoms with E-state index in [2.05, 4.69) is 4.74 Å². The number of hydrogen-bond acceptors (Lipinski definition) is 3. The van der Waals surface area contributed by atoms with Gasteiger partial charge in [-0.2, -0.15) is 0 Å². The molecule has 0 aliphatic rings. The first-order valence-corrected chi connectivity index (χ1v) is 3.31. The number of carbonyl (C=O) groups excluding carboxylic acids is 1. The summed E-state index contributed by atoms with van der Waals surface area (Å²) in [7, 11) is 5.28. The third-order valence-electron chi connectivity index (χ3n) is 1.57. The van der Waals surface area contributed by atoms with Gasteiger partial charge in [0.15, 0.2) is 0 Å². The van der Waals surface area contributed by atoms with Gasteiger partial charge in [0.05, 0.1) is 13.5 Å². The third-order valence-corrected chi connectivity index (χ3v) is 1.57. The van der Waals surface area contributed by atoms with Crippen molar-refractivity contribution in [1.82, 2.24) is 4.90 Å². The number of hydrogen-bond donors (Lipinski definition) is 0. The summed E-state index contributed by atoms with van der Waals surface area (Å²) in [6.45, 7) is 1.98. The molecule has 0 aromatic heterocycles. The van der Waals surface area contributed by atoms with Gasteiger partial charge >= 0.3 is 5.97 Å². The van der Waals surface area contributed by atoms with E-state index < -0.39 is 0 Å². The zero-order valence-corrected chi connectivity index (χ0v) is 7.05. The quantitative estimate of drug-likeness (QED) is 0.542. The molecule has 60 valence electrons. The van der Waals surface area contributed by atoms with Crippen molar-refractivity contribution in [3.05, 3.63) is 0 Å². The van der Waals surface area contributed by atoms with Gasteiger partial charge < -0.3 is 9.64 Å². The Bertz CT molecular complexity index is 112. The van der Waals surface area contributed by atoms with E-state index in [1.165, 1.54) is 7.11 Å². The molecule has 1 unspecified atom stereocenters. The molecule has 3 heteroatoms. The van der Waals surface area contributed by atoms with Gasteiger partial charge in [0.1, 0.15) is 0 Å². The van der Waals surface area contributed by atoms with Crippen LogP contribution in [0.3, 0.4) is 0 Å². The summed E-state index contributed by atoms with van der Waals surface area (Å²) < 4.78 is 4.51. The molecule has 0 aromatic carbocycles. The zero-order chi connectivity index (χ0) is 8.15. The molecule has 0 saturated carbocycles. The average Bonchev–Trinajstić information content (AvgIpc) is 1.87. The molecule has 0 fully saturated rings. The minimum Gasteiger partial charge on any atom is -0.469 e. The molecule has 0 amide bonds. The van der Waals surface area contributed by atoms with Gasteiger partial charge in [-0.05, 0) is 21.0 Å². The Morgan fingerprint density at radius 2 is 2.10 bits per heavy atom. The molecule has 0 bridgehead atoms. The summed E-state index contributed by atoms with van der Waals surface area (Å²) in [4.78, 5) is 12.7. The van der Waals surface area contributed by atoms with E-state index in [1.807, 2.05) is 25.9 Å². The van der Waals surface area contributed by atoms with Gasteiger partial charge in [-0.25, -0.2) is 0 Å². The van der Waals surface area contributed by atoms with Gasteiger partial charge in [-0.1, -0.05) is 0 Å². The molecule has 0 aliphatic heterocycles. The highest BCUT2D eigenvalue weighted by Crippen LogP contribution is 1.98. The minimum absolute atomic E-state index is 0.152. The normalized spacial score (nSPS) is 13.3. The van der Waals surface area contributed by atoms with E-state index >= 15 is 0 Å². The Morgan fingerprint density at radius 3 is 2.40 bits per heavy atom. The van der Waals surface area contributed by atoms with E-state index in [1.54, 1.807) is 0 Å². The van der Waals surface area contributed by atoms with Crippen LogP contribution < -0.4 is 0 Å². The molecule has 0 spiro atoms. The second kappa shape index (κ2) is 4.28. The second-order valence-corrected chi connectivity index (χ2v) is 2.59. The van der Waals surface area contributed by atoms with Gasteiger partial charge in [0.25, 0.3) is 0 Å². The number of methoxy groups -OCH3 is 1. The third kappa shape index (κ3) is 3.45. The summed E-state index contributed by atoms with van der Waals surface area (Å²) in [5.41, 5.74) is 0. The Balaban J connectivity index is 3.57. The van der Waals surface area contributed by atoms with Crippen molar-refractivity contribution >= 4 is 5.97 Å². The second-order valence-electron chi connectivity index (χ2n) is 2.59. The first-order valence-electron chi connectivity index (χ1n) is 3.31. The Morgan fingerprint density at radius 1 is 1.60 bits per heavy atom. The molecule has 0 radical (unpaired) electrons. The van der Waals surface area contributed by atoms with Crippen molar-refractivity contribution in [3.8, 4) is 0 Å². The highest BCUT2D eigenvalue weighted by atomic mass is 16.5. The van der Waals surface area contributed by atoms with E-state index in [4.69, 9.17) is 0 Å². The SMILES string of the molecule is COC(=O)CC(C)N(C)C. The number of esters is 1. The van der Waals surface area contributed by atoms with Crippen molar-refractivity contribution < 1.29 is 9.53 Å². The molecule has 0 rings (SSSR count). The first kappa shape index (κ1) is 9.43. The number of nitrogens with zero attached hydrogens (tertiary/aromatic N) is 1. The number of rotatable bonds is 3. The Hall–Kier alpha value is -0.570. The fourth-order valence-corrected chi connectivity index (χ4v) is 0.507. The van der Waals surface area contributed by atoms with Gasteiger partial charge in [0.2, 0.25) is 0 Å². The zero-order valence-electron chi connectivity index (χ0n) is 7.05. The summed E-state index contributed by atoms with van der Waals surface area (Å²) in [6, 6.07) is 0.257. The average molecular weight is 145 g/mol. The first-order chi connectivity index (χ1) is 4.57. The number of ether oxygens (including phenoxy) is 1. The van der Waals surface area contributed by atoms with Crippen LogP contribution in [-0.2, 0) is 9.53 Å². The number of carbonyl (C=O) groups is 1. The van der Waals surface area contributed by atoms with Crippen LogP contribution in [0.5, 0.6) is 0 Å². The van der Waals surface area contributed by atoms with Crippen molar-refractivity contribution in [2.45, 2.75) is 19.4 Å². The van der Waals surface area contributed by atoms with Crippen LogP contribution in [0, 0.1) is 0 Å². The van der Waals surface area contributed by atoms with E-state index in [0.717, 1.165) is 0 Å². The van der Waals surface area contributed by atoms with Gasteiger partial charge in [0, 0.05) is 6.04 Å². The predicted molar refractivity (Wildman–Crippen MR) is 39.8 cm³/mol. The molecule has 0 saturated heterocycles. The summed E-state index contributed by atoms with van der Waals surface area (Å²) in [6.07, 6.45) is 0.462. The molecular weight excluding hydrogens is 130 g/mol. The van der Waals surface area contributed by atoms with Gasteiger partial charge in [-0.15, -0.1) is 0 Å². The fraction of sp³-hybridized carbons (Fsp3) is 0.857. The van der Waals surface area contributed by atoms with Gasteiger partial charge in [-0.3, -0.25) is 4.79 Å². The monoisotopic (exact) mass is 145 g/mol.